The first-order valence-corrected chi connectivity index (χ1v) is 6.09. The summed E-state index contributed by atoms with van der Waals surface area (Å²) < 4.78 is 5.44. The van der Waals surface area contributed by atoms with Gasteiger partial charge in [-0.05, 0) is 43.5 Å². The molecule has 0 saturated heterocycles. The molecule has 1 aromatic carbocycles. The molecule has 2 rings (SSSR count). The van der Waals surface area contributed by atoms with Gasteiger partial charge < -0.3 is 9.84 Å². The zero-order valence-electron chi connectivity index (χ0n) is 10.3. The fourth-order valence-corrected chi connectivity index (χ4v) is 2.01. The van der Waals surface area contributed by atoms with E-state index >= 15 is 0 Å². The van der Waals surface area contributed by atoms with Crippen LogP contribution in [0.15, 0.2) is 18.2 Å². The van der Waals surface area contributed by atoms with Gasteiger partial charge in [-0.25, -0.2) is 0 Å². The molecule has 1 unspecified atom stereocenters. The Morgan fingerprint density at radius 2 is 2.22 bits per heavy atom. The molecule has 0 radical (unpaired) electrons. The quantitative estimate of drug-likeness (QED) is 0.888. The van der Waals surface area contributed by atoms with Crippen LogP contribution in [-0.4, -0.2) is 23.5 Å². The largest absolute Gasteiger partial charge is 0.493 e. The molecule has 1 aliphatic rings. The van der Waals surface area contributed by atoms with Gasteiger partial charge in [0, 0.05) is 12.0 Å². The summed E-state index contributed by atoms with van der Waals surface area (Å²) in [5, 5.41) is 8.76. The summed E-state index contributed by atoms with van der Waals surface area (Å²) in [7, 11) is 0. The molecule has 1 N–H and O–H groups in total. The highest BCUT2D eigenvalue weighted by molar-refractivity contribution is 5.98. The predicted molar refractivity (Wildman–Crippen MR) is 66.0 cm³/mol. The lowest BCUT2D eigenvalue weighted by Crippen LogP contribution is -2.18. The normalized spacial score (nSPS) is 15.9. The molecule has 1 aromatic rings. The Balaban J connectivity index is 2.07. The highest BCUT2D eigenvalue weighted by Gasteiger charge is 2.18. The average Bonchev–Trinajstić information content (AvgIpc) is 2.36. The van der Waals surface area contributed by atoms with Crippen LogP contribution in [0, 0.1) is 5.92 Å². The molecule has 0 heterocycles. The van der Waals surface area contributed by atoms with Gasteiger partial charge in [0.05, 0.1) is 5.92 Å². The van der Waals surface area contributed by atoms with Crippen molar-refractivity contribution in [1.82, 2.24) is 0 Å². The van der Waals surface area contributed by atoms with Crippen LogP contribution in [0.3, 0.4) is 0 Å². The number of hydrogen-bond donors (Lipinski definition) is 1. The van der Waals surface area contributed by atoms with Crippen LogP contribution in [-0.2, 0) is 11.2 Å². The average molecular weight is 248 g/mol. The number of carbonyl (C=O) groups excluding carboxylic acids is 1. The molecule has 0 amide bonds. The number of carbonyl (C=O) groups is 2. The standard InChI is InChI=1S/C14H16O4/c1-9(14(16)17)8-18-11-5-6-12-10(7-11)3-2-4-13(12)15/h5-7,9H,2-4,8H2,1H3,(H,16,17). The fourth-order valence-electron chi connectivity index (χ4n) is 2.01. The van der Waals surface area contributed by atoms with Crippen molar-refractivity contribution >= 4 is 11.8 Å². The number of ether oxygens (including phenoxy) is 1. The van der Waals surface area contributed by atoms with Gasteiger partial charge in [0.2, 0.25) is 0 Å². The van der Waals surface area contributed by atoms with Crippen molar-refractivity contribution in [3.63, 3.8) is 0 Å². The zero-order valence-corrected chi connectivity index (χ0v) is 10.3. The first-order valence-electron chi connectivity index (χ1n) is 6.09. The zero-order chi connectivity index (χ0) is 13.1. The van der Waals surface area contributed by atoms with E-state index in [0.717, 1.165) is 24.0 Å². The molecule has 96 valence electrons. The monoisotopic (exact) mass is 248 g/mol. The van der Waals surface area contributed by atoms with Crippen molar-refractivity contribution < 1.29 is 19.4 Å². The Bertz CT molecular complexity index is 479. The lowest BCUT2D eigenvalue weighted by molar-refractivity contribution is -0.142. The van der Waals surface area contributed by atoms with Gasteiger partial charge in [-0.1, -0.05) is 0 Å². The lowest BCUT2D eigenvalue weighted by Gasteiger charge is -2.16. The fraction of sp³-hybridized carbons (Fsp3) is 0.429. The van der Waals surface area contributed by atoms with Crippen molar-refractivity contribution in [3.05, 3.63) is 29.3 Å². The Morgan fingerprint density at radius 1 is 1.44 bits per heavy atom. The minimum absolute atomic E-state index is 0.141. The van der Waals surface area contributed by atoms with Crippen LogP contribution in [0.25, 0.3) is 0 Å². The maximum absolute atomic E-state index is 11.6. The Labute approximate surface area is 106 Å². The highest BCUT2D eigenvalue weighted by Crippen LogP contribution is 2.25. The van der Waals surface area contributed by atoms with Crippen LogP contribution >= 0.6 is 0 Å². The number of hydrogen-bond acceptors (Lipinski definition) is 3. The van der Waals surface area contributed by atoms with E-state index in [-0.39, 0.29) is 12.4 Å². The number of Topliss-reactive ketones (excluding diaryl/α,β-unsaturated/α-hetero) is 1. The smallest absolute Gasteiger partial charge is 0.309 e. The Hall–Kier alpha value is -1.84. The van der Waals surface area contributed by atoms with Gasteiger partial charge in [0.15, 0.2) is 5.78 Å². The summed E-state index contributed by atoms with van der Waals surface area (Å²) in [6, 6.07) is 5.36. The summed E-state index contributed by atoms with van der Waals surface area (Å²) in [4.78, 5) is 22.3. The van der Waals surface area contributed by atoms with Crippen LogP contribution < -0.4 is 4.74 Å². The van der Waals surface area contributed by atoms with E-state index in [9.17, 15) is 9.59 Å². The number of carboxylic acids is 1. The van der Waals surface area contributed by atoms with Gasteiger partial charge >= 0.3 is 5.97 Å². The first kappa shape index (κ1) is 12.6. The molecule has 0 bridgehead atoms. The van der Waals surface area contributed by atoms with Gasteiger partial charge in [0.1, 0.15) is 12.4 Å². The number of benzene rings is 1. The third kappa shape index (κ3) is 2.70. The second-order valence-corrected chi connectivity index (χ2v) is 4.65. The number of carboxylic acid groups (broad SMARTS) is 1. The number of ketones is 1. The molecule has 4 heteroatoms. The van der Waals surface area contributed by atoms with Crippen LogP contribution in [0.4, 0.5) is 0 Å². The number of aryl methyl sites for hydroxylation is 1. The van der Waals surface area contributed by atoms with E-state index in [2.05, 4.69) is 0 Å². The van der Waals surface area contributed by atoms with Crippen LogP contribution in [0.1, 0.15) is 35.7 Å². The molecular weight excluding hydrogens is 232 g/mol. The second kappa shape index (κ2) is 5.21. The molecular formula is C14H16O4. The highest BCUT2D eigenvalue weighted by atomic mass is 16.5. The van der Waals surface area contributed by atoms with E-state index in [0.29, 0.717) is 12.2 Å². The summed E-state index contributed by atoms with van der Waals surface area (Å²) in [5.74, 6) is -0.593. The summed E-state index contributed by atoms with van der Waals surface area (Å²) in [5.41, 5.74) is 1.78. The van der Waals surface area contributed by atoms with Gasteiger partial charge in [-0.15, -0.1) is 0 Å². The van der Waals surface area contributed by atoms with Crippen LogP contribution in [0.2, 0.25) is 0 Å². The van der Waals surface area contributed by atoms with E-state index in [1.165, 1.54) is 0 Å². The SMILES string of the molecule is CC(COc1ccc2c(c1)CCCC2=O)C(=O)O. The summed E-state index contributed by atoms with van der Waals surface area (Å²) in [6.07, 6.45) is 2.37. The van der Waals surface area contributed by atoms with E-state index in [1.54, 1.807) is 19.1 Å². The molecule has 1 atom stereocenters. The molecule has 1 aliphatic carbocycles. The second-order valence-electron chi connectivity index (χ2n) is 4.65. The summed E-state index contributed by atoms with van der Waals surface area (Å²) >= 11 is 0. The van der Waals surface area contributed by atoms with E-state index < -0.39 is 11.9 Å². The van der Waals surface area contributed by atoms with Crippen molar-refractivity contribution in [3.8, 4) is 5.75 Å². The molecule has 0 aromatic heterocycles. The Kier molecular flexibility index (Phi) is 3.65. The number of aliphatic carboxylic acids is 1. The molecule has 0 saturated carbocycles. The molecule has 0 spiro atoms. The van der Waals surface area contributed by atoms with Crippen molar-refractivity contribution in [1.29, 1.82) is 0 Å². The van der Waals surface area contributed by atoms with Crippen molar-refractivity contribution in [2.75, 3.05) is 6.61 Å². The van der Waals surface area contributed by atoms with Crippen molar-refractivity contribution in [2.24, 2.45) is 5.92 Å². The first-order chi connectivity index (χ1) is 8.58. The third-order valence-corrected chi connectivity index (χ3v) is 3.15. The number of rotatable bonds is 4. The van der Waals surface area contributed by atoms with Gasteiger partial charge in [0.25, 0.3) is 0 Å². The van der Waals surface area contributed by atoms with Crippen molar-refractivity contribution in [2.45, 2.75) is 26.2 Å². The maximum atomic E-state index is 11.6. The topological polar surface area (TPSA) is 63.6 Å². The molecule has 0 aliphatic heterocycles. The molecule has 4 nitrogen and oxygen atoms in total. The Morgan fingerprint density at radius 3 is 2.94 bits per heavy atom. The predicted octanol–water partition coefficient (Wildman–Crippen LogP) is 2.31. The maximum Gasteiger partial charge on any atom is 0.309 e. The minimum Gasteiger partial charge on any atom is -0.493 e. The minimum atomic E-state index is -0.872. The summed E-state index contributed by atoms with van der Waals surface area (Å²) in [6.45, 7) is 1.74. The van der Waals surface area contributed by atoms with Gasteiger partial charge in [-0.3, -0.25) is 9.59 Å². The van der Waals surface area contributed by atoms with E-state index in [1.807, 2.05) is 6.07 Å². The van der Waals surface area contributed by atoms with E-state index in [4.69, 9.17) is 9.84 Å². The number of fused-ring (bicyclic) bond motifs is 1. The third-order valence-electron chi connectivity index (χ3n) is 3.15. The molecule has 0 fully saturated rings. The van der Waals surface area contributed by atoms with Crippen LogP contribution in [0.5, 0.6) is 5.75 Å². The lowest BCUT2D eigenvalue weighted by atomic mass is 9.90. The van der Waals surface area contributed by atoms with Gasteiger partial charge in [-0.2, -0.15) is 0 Å². The molecule has 18 heavy (non-hydrogen) atoms.